The number of carboxylic acids is 1. The van der Waals surface area contributed by atoms with E-state index in [4.69, 9.17) is 9.84 Å². The van der Waals surface area contributed by atoms with Gasteiger partial charge in [-0.25, -0.2) is 4.79 Å². The van der Waals surface area contributed by atoms with Crippen LogP contribution in [0.3, 0.4) is 0 Å². The topological polar surface area (TPSA) is 75.6 Å². The number of fused-ring (bicyclic) bond motifs is 3. The van der Waals surface area contributed by atoms with Gasteiger partial charge in [0.05, 0.1) is 6.42 Å². The van der Waals surface area contributed by atoms with E-state index in [1.165, 1.54) is 22.3 Å². The Labute approximate surface area is 187 Å². The number of carbonyl (C=O) groups excluding carboxylic acids is 1. The first-order chi connectivity index (χ1) is 15.6. The molecule has 0 bridgehead atoms. The monoisotopic (exact) mass is 427 g/mol. The van der Waals surface area contributed by atoms with Gasteiger partial charge in [0.25, 0.3) is 0 Å². The molecule has 0 saturated carbocycles. The highest BCUT2D eigenvalue weighted by Gasteiger charge is 2.28. The Kier molecular flexibility index (Phi) is 6.66. The van der Waals surface area contributed by atoms with Crippen molar-refractivity contribution in [3.8, 4) is 11.1 Å². The van der Waals surface area contributed by atoms with Gasteiger partial charge in [-0.15, -0.1) is 0 Å². The third-order valence-electron chi connectivity index (χ3n) is 5.57. The van der Waals surface area contributed by atoms with Crippen molar-refractivity contribution in [2.24, 2.45) is 0 Å². The summed E-state index contributed by atoms with van der Waals surface area (Å²) in [5.74, 6) is -0.787. The molecule has 0 saturated heterocycles. The molecule has 0 unspecified atom stereocenters. The standard InChI is InChI=1S/C27H25NO4/c29-26(30)17-20-14-12-19(13-15-20)7-5-6-16-28-27(31)32-18-25-23-10-3-1-8-21(23)22-9-2-4-11-24(22)25/h1-5,7-15,25H,6,16-18H2,(H,28,31)(H,29,30). The lowest BCUT2D eigenvalue weighted by Crippen LogP contribution is -2.26. The molecular formula is C27H25NO4. The number of hydrogen-bond donors (Lipinski definition) is 2. The molecule has 0 atom stereocenters. The minimum Gasteiger partial charge on any atom is -0.481 e. The van der Waals surface area contributed by atoms with Crippen LogP contribution in [0.5, 0.6) is 0 Å². The second kappa shape index (κ2) is 9.96. The van der Waals surface area contributed by atoms with E-state index < -0.39 is 12.1 Å². The smallest absolute Gasteiger partial charge is 0.407 e. The van der Waals surface area contributed by atoms with E-state index in [1.807, 2.05) is 60.7 Å². The molecule has 3 aromatic carbocycles. The SMILES string of the molecule is O=C(O)Cc1ccc(C=CCCNC(=O)OCC2c3ccccc3-c3ccccc32)cc1. The van der Waals surface area contributed by atoms with E-state index in [9.17, 15) is 9.59 Å². The summed E-state index contributed by atoms with van der Waals surface area (Å²) in [5.41, 5.74) is 6.56. The number of benzene rings is 3. The molecular weight excluding hydrogens is 402 g/mol. The third-order valence-corrected chi connectivity index (χ3v) is 5.57. The van der Waals surface area contributed by atoms with E-state index in [2.05, 4.69) is 29.6 Å². The molecule has 0 fully saturated rings. The van der Waals surface area contributed by atoms with Crippen molar-refractivity contribution >= 4 is 18.1 Å². The summed E-state index contributed by atoms with van der Waals surface area (Å²) in [6, 6.07) is 23.9. The van der Waals surface area contributed by atoms with Gasteiger partial charge >= 0.3 is 12.1 Å². The maximum atomic E-state index is 12.2. The molecule has 1 aliphatic carbocycles. The van der Waals surface area contributed by atoms with Gasteiger partial charge in [-0.05, 0) is 39.8 Å². The Morgan fingerprint density at radius 1 is 0.906 bits per heavy atom. The highest BCUT2D eigenvalue weighted by Crippen LogP contribution is 2.44. The first-order valence-electron chi connectivity index (χ1n) is 10.7. The highest BCUT2D eigenvalue weighted by molar-refractivity contribution is 5.79. The lowest BCUT2D eigenvalue weighted by molar-refractivity contribution is -0.136. The van der Waals surface area contributed by atoms with E-state index in [0.717, 1.165) is 11.1 Å². The zero-order valence-electron chi connectivity index (χ0n) is 17.7. The quantitative estimate of drug-likeness (QED) is 0.481. The molecule has 4 rings (SSSR count). The summed E-state index contributed by atoms with van der Waals surface area (Å²) in [7, 11) is 0. The number of carboxylic acid groups (broad SMARTS) is 1. The Bertz CT molecular complexity index is 1090. The molecule has 32 heavy (non-hydrogen) atoms. The van der Waals surface area contributed by atoms with Gasteiger partial charge in [-0.1, -0.05) is 84.9 Å². The van der Waals surface area contributed by atoms with Gasteiger partial charge in [0, 0.05) is 12.5 Å². The fourth-order valence-corrected chi connectivity index (χ4v) is 4.05. The van der Waals surface area contributed by atoms with Gasteiger partial charge in [0.2, 0.25) is 0 Å². The lowest BCUT2D eigenvalue weighted by atomic mass is 9.98. The number of amides is 1. The molecule has 1 aliphatic rings. The molecule has 0 heterocycles. The second-order valence-electron chi connectivity index (χ2n) is 7.76. The normalized spacial score (nSPS) is 12.4. The van der Waals surface area contributed by atoms with Gasteiger partial charge in [0.15, 0.2) is 0 Å². The van der Waals surface area contributed by atoms with Gasteiger partial charge in [-0.3, -0.25) is 4.79 Å². The first-order valence-corrected chi connectivity index (χ1v) is 10.7. The van der Waals surface area contributed by atoms with Crippen LogP contribution in [0.1, 0.15) is 34.6 Å². The predicted octanol–water partition coefficient (Wildman–Crippen LogP) is 5.26. The minimum absolute atomic E-state index is 0.0219. The van der Waals surface area contributed by atoms with Crippen LogP contribution in [0, 0.1) is 0 Å². The van der Waals surface area contributed by atoms with Gasteiger partial charge < -0.3 is 15.2 Å². The molecule has 0 aliphatic heterocycles. The average Bonchev–Trinajstić information content (AvgIpc) is 3.12. The van der Waals surface area contributed by atoms with E-state index in [-0.39, 0.29) is 12.3 Å². The maximum absolute atomic E-state index is 12.2. The molecule has 2 N–H and O–H groups in total. The Balaban J connectivity index is 1.23. The fraction of sp³-hybridized carbons (Fsp3) is 0.185. The summed E-state index contributed by atoms with van der Waals surface area (Å²) < 4.78 is 5.53. The van der Waals surface area contributed by atoms with Crippen LogP contribution < -0.4 is 5.32 Å². The maximum Gasteiger partial charge on any atom is 0.407 e. The summed E-state index contributed by atoms with van der Waals surface area (Å²) in [5, 5.41) is 11.6. The molecule has 0 aromatic heterocycles. The second-order valence-corrected chi connectivity index (χ2v) is 7.76. The molecule has 1 amide bonds. The van der Waals surface area contributed by atoms with E-state index in [0.29, 0.717) is 19.6 Å². The summed E-state index contributed by atoms with van der Waals surface area (Å²) >= 11 is 0. The average molecular weight is 428 g/mol. The van der Waals surface area contributed by atoms with Crippen LogP contribution in [-0.4, -0.2) is 30.3 Å². The number of rotatable bonds is 8. The number of carbonyl (C=O) groups is 2. The van der Waals surface area contributed by atoms with Crippen molar-refractivity contribution in [3.63, 3.8) is 0 Å². The Morgan fingerprint density at radius 2 is 1.53 bits per heavy atom. The van der Waals surface area contributed by atoms with Gasteiger partial charge in [-0.2, -0.15) is 0 Å². The van der Waals surface area contributed by atoms with Gasteiger partial charge in [0.1, 0.15) is 6.61 Å². The van der Waals surface area contributed by atoms with Crippen molar-refractivity contribution in [1.82, 2.24) is 5.32 Å². The van der Waals surface area contributed by atoms with Crippen LogP contribution >= 0.6 is 0 Å². The van der Waals surface area contributed by atoms with Crippen LogP contribution in [-0.2, 0) is 16.0 Å². The Morgan fingerprint density at radius 3 is 2.16 bits per heavy atom. The molecule has 3 aromatic rings. The zero-order valence-corrected chi connectivity index (χ0v) is 17.7. The van der Waals surface area contributed by atoms with Crippen molar-refractivity contribution in [2.75, 3.05) is 13.2 Å². The van der Waals surface area contributed by atoms with Crippen molar-refractivity contribution in [1.29, 1.82) is 0 Å². The zero-order chi connectivity index (χ0) is 22.3. The van der Waals surface area contributed by atoms with Crippen molar-refractivity contribution < 1.29 is 19.4 Å². The first kappa shape index (κ1) is 21.4. The van der Waals surface area contributed by atoms with Crippen LogP contribution in [0.15, 0.2) is 78.9 Å². The highest BCUT2D eigenvalue weighted by atomic mass is 16.5. The van der Waals surface area contributed by atoms with Crippen LogP contribution in [0.25, 0.3) is 17.2 Å². The molecule has 162 valence electrons. The number of ether oxygens (including phenoxy) is 1. The van der Waals surface area contributed by atoms with E-state index >= 15 is 0 Å². The number of aliphatic carboxylic acids is 1. The minimum atomic E-state index is -0.840. The lowest BCUT2D eigenvalue weighted by Gasteiger charge is -2.14. The number of alkyl carbamates (subject to hydrolysis) is 1. The van der Waals surface area contributed by atoms with Crippen molar-refractivity contribution in [3.05, 3.63) is 101 Å². The third kappa shape index (κ3) is 5.06. The Hall–Kier alpha value is -3.86. The summed E-state index contributed by atoms with van der Waals surface area (Å²) in [6.45, 7) is 0.780. The molecule has 5 nitrogen and oxygen atoms in total. The fourth-order valence-electron chi connectivity index (χ4n) is 4.05. The predicted molar refractivity (Wildman–Crippen MR) is 125 cm³/mol. The molecule has 0 spiro atoms. The van der Waals surface area contributed by atoms with Crippen molar-refractivity contribution in [2.45, 2.75) is 18.8 Å². The van der Waals surface area contributed by atoms with Crippen LogP contribution in [0.2, 0.25) is 0 Å². The number of nitrogens with one attached hydrogen (secondary N) is 1. The molecule has 5 heteroatoms. The number of hydrogen-bond acceptors (Lipinski definition) is 3. The van der Waals surface area contributed by atoms with E-state index in [1.54, 1.807) is 0 Å². The largest absolute Gasteiger partial charge is 0.481 e. The summed E-state index contributed by atoms with van der Waals surface area (Å²) in [4.78, 5) is 22.9. The summed E-state index contributed by atoms with van der Waals surface area (Å²) in [6.07, 6.45) is 4.19. The van der Waals surface area contributed by atoms with Crippen LogP contribution in [0.4, 0.5) is 4.79 Å². The molecule has 0 radical (unpaired) electrons.